The van der Waals surface area contributed by atoms with Crippen LogP contribution in [0.2, 0.25) is 5.02 Å². The molecule has 0 amide bonds. The van der Waals surface area contributed by atoms with E-state index in [-0.39, 0.29) is 0 Å². The molecule has 1 aliphatic heterocycles. The van der Waals surface area contributed by atoms with E-state index < -0.39 is 0 Å². The number of aromatic nitrogens is 5. The van der Waals surface area contributed by atoms with Crippen LogP contribution in [0.5, 0.6) is 0 Å². The Morgan fingerprint density at radius 3 is 2.69 bits per heavy atom. The smallest absolute Gasteiger partial charge is 0.227 e. The number of hydrogen-bond acceptors (Lipinski definition) is 6. The first kappa shape index (κ1) is 17.9. The van der Waals surface area contributed by atoms with E-state index in [2.05, 4.69) is 29.8 Å². The highest BCUT2D eigenvalue weighted by atomic mass is 35.5. The molecule has 3 aromatic heterocycles. The Balaban J connectivity index is 1.43. The molecule has 29 heavy (non-hydrogen) atoms. The van der Waals surface area contributed by atoms with Gasteiger partial charge in [0.2, 0.25) is 5.95 Å². The number of fused-ring (bicyclic) bond motifs is 1. The molecule has 5 rings (SSSR count). The molecule has 1 aromatic carbocycles. The van der Waals surface area contributed by atoms with Crippen molar-refractivity contribution in [2.75, 3.05) is 11.4 Å². The molecule has 0 aliphatic carbocycles. The Kier molecular flexibility index (Phi) is 4.73. The van der Waals surface area contributed by atoms with Crippen LogP contribution in [-0.4, -0.2) is 31.4 Å². The molecular weight excluding hydrogens is 388 g/mol. The number of benzene rings is 1. The normalized spacial score (nSPS) is 13.9. The number of pyridine rings is 1. The molecule has 0 atom stereocenters. The minimum Gasteiger partial charge on any atom is -0.356 e. The van der Waals surface area contributed by atoms with Crippen molar-refractivity contribution in [3.8, 4) is 22.7 Å². The summed E-state index contributed by atoms with van der Waals surface area (Å²) in [4.78, 5) is 6.31. The summed E-state index contributed by atoms with van der Waals surface area (Å²) in [6, 6.07) is 13.4. The van der Waals surface area contributed by atoms with Crippen LogP contribution >= 0.6 is 11.6 Å². The molecule has 4 heterocycles. The van der Waals surface area contributed by atoms with E-state index in [4.69, 9.17) is 16.1 Å². The number of halogens is 1. The van der Waals surface area contributed by atoms with E-state index in [9.17, 15) is 0 Å². The summed E-state index contributed by atoms with van der Waals surface area (Å²) < 4.78 is 7.74. The molecule has 0 radical (unpaired) electrons. The van der Waals surface area contributed by atoms with Crippen molar-refractivity contribution in [1.82, 2.24) is 24.9 Å². The average Bonchev–Trinajstić information content (AvgIpc) is 3.33. The Morgan fingerprint density at radius 1 is 0.966 bits per heavy atom. The van der Waals surface area contributed by atoms with Gasteiger partial charge in [-0.1, -0.05) is 28.9 Å². The predicted octanol–water partition coefficient (Wildman–Crippen LogP) is 4.45. The average molecular weight is 407 g/mol. The zero-order valence-corrected chi connectivity index (χ0v) is 16.5. The summed E-state index contributed by atoms with van der Waals surface area (Å²) in [5, 5.41) is 13.9. The molecule has 4 aromatic rings. The molecule has 146 valence electrons. The monoisotopic (exact) mass is 406 g/mol. The highest BCUT2D eigenvalue weighted by Crippen LogP contribution is 2.28. The molecule has 7 nitrogen and oxygen atoms in total. The lowest BCUT2D eigenvalue weighted by molar-refractivity contribution is 0.422. The summed E-state index contributed by atoms with van der Waals surface area (Å²) in [6.07, 6.45) is 5.71. The summed E-state index contributed by atoms with van der Waals surface area (Å²) >= 11 is 6.09. The first-order valence-corrected chi connectivity index (χ1v) is 9.96. The van der Waals surface area contributed by atoms with Crippen molar-refractivity contribution in [2.45, 2.75) is 25.9 Å². The van der Waals surface area contributed by atoms with Crippen LogP contribution in [0, 0.1) is 0 Å². The van der Waals surface area contributed by atoms with Gasteiger partial charge in [0.25, 0.3) is 0 Å². The SMILES string of the molecule is Clc1cccc(-c2cc(CN3CCCCn4c(-c5ccncc5)nnc43)no2)c1. The zero-order valence-electron chi connectivity index (χ0n) is 15.7. The van der Waals surface area contributed by atoms with Gasteiger partial charge in [-0.25, -0.2) is 0 Å². The lowest BCUT2D eigenvalue weighted by atomic mass is 10.1. The van der Waals surface area contributed by atoms with Gasteiger partial charge in [-0.3, -0.25) is 9.55 Å². The first-order valence-electron chi connectivity index (χ1n) is 9.58. The molecular formula is C21H19ClN6O. The molecule has 0 N–H and O–H groups in total. The molecule has 0 bridgehead atoms. The highest BCUT2D eigenvalue weighted by molar-refractivity contribution is 6.30. The van der Waals surface area contributed by atoms with Gasteiger partial charge in [0.15, 0.2) is 11.6 Å². The molecule has 0 saturated heterocycles. The van der Waals surface area contributed by atoms with Crippen LogP contribution in [0.3, 0.4) is 0 Å². The van der Waals surface area contributed by atoms with Gasteiger partial charge in [0, 0.05) is 47.7 Å². The second-order valence-corrected chi connectivity index (χ2v) is 7.47. The van der Waals surface area contributed by atoms with Gasteiger partial charge in [-0.2, -0.15) is 0 Å². The number of hydrogen-bond donors (Lipinski definition) is 0. The summed E-state index contributed by atoms with van der Waals surface area (Å²) in [5.41, 5.74) is 2.78. The maximum atomic E-state index is 6.09. The van der Waals surface area contributed by atoms with E-state index in [1.807, 2.05) is 42.5 Å². The minimum atomic E-state index is 0.610. The van der Waals surface area contributed by atoms with Gasteiger partial charge in [0.05, 0.1) is 6.54 Å². The van der Waals surface area contributed by atoms with E-state index in [0.717, 1.165) is 54.5 Å². The van der Waals surface area contributed by atoms with Gasteiger partial charge in [0.1, 0.15) is 5.69 Å². The van der Waals surface area contributed by atoms with Crippen molar-refractivity contribution < 1.29 is 4.52 Å². The highest BCUT2D eigenvalue weighted by Gasteiger charge is 2.23. The fourth-order valence-electron chi connectivity index (χ4n) is 3.63. The maximum absolute atomic E-state index is 6.09. The molecule has 0 fully saturated rings. The van der Waals surface area contributed by atoms with Crippen LogP contribution in [0.4, 0.5) is 5.95 Å². The fourth-order valence-corrected chi connectivity index (χ4v) is 3.82. The van der Waals surface area contributed by atoms with Crippen LogP contribution < -0.4 is 4.90 Å². The topological polar surface area (TPSA) is 72.9 Å². The number of anilines is 1. The molecule has 8 heteroatoms. The maximum Gasteiger partial charge on any atom is 0.227 e. The largest absolute Gasteiger partial charge is 0.356 e. The Bertz CT molecular complexity index is 1120. The van der Waals surface area contributed by atoms with Gasteiger partial charge >= 0.3 is 0 Å². The molecule has 0 unspecified atom stereocenters. The standard InChI is InChI=1S/C21H19ClN6O/c22-17-5-3-4-16(12-17)19-13-18(26-29-19)14-27-10-1-2-11-28-20(24-25-21(27)28)15-6-8-23-9-7-15/h3-9,12-13H,1-2,10-11,14H2. The second-order valence-electron chi connectivity index (χ2n) is 7.03. The van der Waals surface area contributed by atoms with Crippen molar-refractivity contribution in [3.05, 3.63) is 65.6 Å². The van der Waals surface area contributed by atoms with E-state index in [0.29, 0.717) is 17.3 Å². The van der Waals surface area contributed by atoms with Crippen molar-refractivity contribution in [3.63, 3.8) is 0 Å². The molecule has 1 aliphatic rings. The third kappa shape index (κ3) is 3.61. The third-order valence-electron chi connectivity index (χ3n) is 5.03. The lowest BCUT2D eigenvalue weighted by Gasteiger charge is -2.19. The molecule has 0 saturated carbocycles. The van der Waals surface area contributed by atoms with Crippen LogP contribution in [0.1, 0.15) is 18.5 Å². The quantitative estimate of drug-likeness (QED) is 0.498. The van der Waals surface area contributed by atoms with Gasteiger partial charge < -0.3 is 9.42 Å². The van der Waals surface area contributed by atoms with E-state index in [1.54, 1.807) is 12.4 Å². The van der Waals surface area contributed by atoms with Crippen LogP contribution in [-0.2, 0) is 13.1 Å². The minimum absolute atomic E-state index is 0.610. The predicted molar refractivity (Wildman–Crippen MR) is 110 cm³/mol. The fraction of sp³-hybridized carbons (Fsp3) is 0.238. The van der Waals surface area contributed by atoms with Crippen molar-refractivity contribution in [2.24, 2.45) is 0 Å². The number of rotatable bonds is 4. The van der Waals surface area contributed by atoms with Crippen molar-refractivity contribution >= 4 is 17.5 Å². The number of nitrogens with zero attached hydrogens (tertiary/aromatic N) is 6. The Morgan fingerprint density at radius 2 is 1.83 bits per heavy atom. The van der Waals surface area contributed by atoms with E-state index >= 15 is 0 Å². The van der Waals surface area contributed by atoms with Gasteiger partial charge in [-0.15, -0.1) is 10.2 Å². The van der Waals surface area contributed by atoms with Crippen LogP contribution in [0.15, 0.2) is 59.4 Å². The first-order chi connectivity index (χ1) is 14.3. The molecule has 0 spiro atoms. The zero-order chi connectivity index (χ0) is 19.6. The summed E-state index contributed by atoms with van der Waals surface area (Å²) in [5.74, 6) is 2.44. The Hall–Kier alpha value is -3.19. The summed E-state index contributed by atoms with van der Waals surface area (Å²) in [6.45, 7) is 2.40. The third-order valence-corrected chi connectivity index (χ3v) is 5.27. The van der Waals surface area contributed by atoms with E-state index in [1.165, 1.54) is 0 Å². The van der Waals surface area contributed by atoms with Crippen LogP contribution in [0.25, 0.3) is 22.7 Å². The lowest BCUT2D eigenvalue weighted by Crippen LogP contribution is -2.25. The van der Waals surface area contributed by atoms with Crippen molar-refractivity contribution in [1.29, 1.82) is 0 Å². The van der Waals surface area contributed by atoms with Gasteiger partial charge in [-0.05, 0) is 37.1 Å². The summed E-state index contributed by atoms with van der Waals surface area (Å²) in [7, 11) is 0. The second kappa shape index (κ2) is 7.67. The Labute approximate surface area is 172 Å².